The Morgan fingerprint density at radius 1 is 1.17 bits per heavy atom. The van der Waals surface area contributed by atoms with E-state index >= 15 is 0 Å². The number of aromatic nitrogens is 4. The smallest absolute Gasteiger partial charge is 0.306 e. The highest BCUT2D eigenvalue weighted by Gasteiger charge is 2.18. The number of thiophene rings is 1. The first kappa shape index (κ1) is 19.3. The van der Waals surface area contributed by atoms with Crippen molar-refractivity contribution in [1.82, 2.24) is 18.7 Å². The third-order valence-corrected chi connectivity index (χ3v) is 5.85. The Bertz CT molecular complexity index is 1320. The molecule has 29 heavy (non-hydrogen) atoms. The van der Waals surface area contributed by atoms with E-state index in [1.807, 2.05) is 41.8 Å². The lowest BCUT2D eigenvalue weighted by atomic mass is 10.2. The average Bonchev–Trinajstić information content (AvgIpc) is 3.34. The zero-order valence-electron chi connectivity index (χ0n) is 15.7. The molecule has 0 spiro atoms. The molecular formula is C19H17BrN6O2S. The molecule has 10 heteroatoms. The van der Waals surface area contributed by atoms with Gasteiger partial charge in [0, 0.05) is 23.4 Å². The van der Waals surface area contributed by atoms with Gasteiger partial charge in [0.2, 0.25) is 5.95 Å². The number of rotatable bonds is 5. The Kier molecular flexibility index (Phi) is 5.20. The van der Waals surface area contributed by atoms with Crippen LogP contribution in [0.5, 0.6) is 0 Å². The van der Waals surface area contributed by atoms with Crippen molar-refractivity contribution >= 4 is 50.6 Å². The summed E-state index contributed by atoms with van der Waals surface area (Å²) < 4.78 is 5.14. The van der Waals surface area contributed by atoms with E-state index in [9.17, 15) is 9.59 Å². The van der Waals surface area contributed by atoms with Gasteiger partial charge in [-0.05, 0) is 29.1 Å². The molecule has 0 radical (unpaired) electrons. The van der Waals surface area contributed by atoms with Gasteiger partial charge >= 0.3 is 5.69 Å². The number of hydrogen-bond donors (Lipinski definition) is 1. The largest absolute Gasteiger partial charge is 0.332 e. The molecule has 1 aromatic carbocycles. The second-order valence-corrected chi connectivity index (χ2v) is 8.31. The van der Waals surface area contributed by atoms with Crippen molar-refractivity contribution < 1.29 is 0 Å². The summed E-state index contributed by atoms with van der Waals surface area (Å²) in [6.07, 6.45) is 1.68. The van der Waals surface area contributed by atoms with Crippen LogP contribution in [0.2, 0.25) is 0 Å². The lowest BCUT2D eigenvalue weighted by Crippen LogP contribution is -2.39. The molecule has 148 valence electrons. The van der Waals surface area contributed by atoms with E-state index in [1.54, 1.807) is 36.2 Å². The molecule has 0 aliphatic rings. The molecule has 0 unspecified atom stereocenters. The second kappa shape index (κ2) is 7.80. The number of hydrogen-bond acceptors (Lipinski definition) is 6. The number of nitrogens with one attached hydrogen (secondary N) is 1. The summed E-state index contributed by atoms with van der Waals surface area (Å²) in [5.41, 5.74) is 3.53. The number of halogens is 1. The van der Waals surface area contributed by atoms with Gasteiger partial charge < -0.3 is 4.57 Å². The van der Waals surface area contributed by atoms with Crippen molar-refractivity contribution in [2.24, 2.45) is 19.2 Å². The first-order valence-corrected chi connectivity index (χ1v) is 10.4. The number of fused-ring (bicyclic) bond motifs is 1. The fourth-order valence-electron chi connectivity index (χ4n) is 2.97. The molecule has 3 heterocycles. The molecule has 4 aromatic rings. The number of anilines is 1. The molecule has 0 fully saturated rings. The molecule has 8 nitrogen and oxygen atoms in total. The van der Waals surface area contributed by atoms with E-state index in [0.29, 0.717) is 17.1 Å². The summed E-state index contributed by atoms with van der Waals surface area (Å²) in [4.78, 5) is 31.2. The van der Waals surface area contributed by atoms with Gasteiger partial charge in [0.1, 0.15) is 0 Å². The SMILES string of the molecule is Cn1c(N/N=C\c2cccs2)nc2c1c(=O)n(Cc1ccc(Br)cc1)c(=O)n2C. The van der Waals surface area contributed by atoms with Crippen LogP contribution in [-0.2, 0) is 20.6 Å². The van der Waals surface area contributed by atoms with Crippen molar-refractivity contribution in [3.8, 4) is 0 Å². The maximum absolute atomic E-state index is 13.1. The Labute approximate surface area is 177 Å². The van der Waals surface area contributed by atoms with E-state index in [4.69, 9.17) is 0 Å². The second-order valence-electron chi connectivity index (χ2n) is 6.41. The third kappa shape index (κ3) is 3.68. The van der Waals surface area contributed by atoms with Gasteiger partial charge in [-0.3, -0.25) is 13.9 Å². The van der Waals surface area contributed by atoms with E-state index < -0.39 is 11.2 Å². The number of aryl methyl sites for hydroxylation is 2. The quantitative estimate of drug-likeness (QED) is 0.357. The first-order valence-electron chi connectivity index (χ1n) is 8.69. The number of nitrogens with zero attached hydrogens (tertiary/aromatic N) is 5. The van der Waals surface area contributed by atoms with Gasteiger partial charge in [-0.1, -0.05) is 34.1 Å². The van der Waals surface area contributed by atoms with Crippen molar-refractivity contribution in [3.63, 3.8) is 0 Å². The highest BCUT2D eigenvalue weighted by Crippen LogP contribution is 2.15. The van der Waals surface area contributed by atoms with Crippen LogP contribution in [0.1, 0.15) is 10.4 Å². The average molecular weight is 473 g/mol. The van der Waals surface area contributed by atoms with Crippen LogP contribution < -0.4 is 16.7 Å². The van der Waals surface area contributed by atoms with Crippen molar-refractivity contribution in [3.05, 3.63) is 77.5 Å². The highest BCUT2D eigenvalue weighted by atomic mass is 79.9. The molecule has 0 saturated carbocycles. The fourth-order valence-corrected chi connectivity index (χ4v) is 3.82. The van der Waals surface area contributed by atoms with Crippen molar-refractivity contribution in [1.29, 1.82) is 0 Å². The summed E-state index contributed by atoms with van der Waals surface area (Å²) in [7, 11) is 3.32. The molecule has 0 saturated heterocycles. The number of hydrazone groups is 1. The van der Waals surface area contributed by atoms with Gasteiger partial charge in [0.05, 0.1) is 12.8 Å². The molecule has 3 aromatic heterocycles. The van der Waals surface area contributed by atoms with Gasteiger partial charge in [-0.2, -0.15) is 10.1 Å². The fraction of sp³-hybridized carbons (Fsp3) is 0.158. The lowest BCUT2D eigenvalue weighted by Gasteiger charge is -2.09. The van der Waals surface area contributed by atoms with Crippen LogP contribution in [0, 0.1) is 0 Å². The third-order valence-electron chi connectivity index (χ3n) is 4.51. The molecule has 0 aliphatic carbocycles. The Balaban J connectivity index is 1.75. The van der Waals surface area contributed by atoms with Crippen LogP contribution in [-0.4, -0.2) is 24.9 Å². The zero-order chi connectivity index (χ0) is 20.5. The summed E-state index contributed by atoms with van der Waals surface area (Å²) in [5.74, 6) is 0.376. The molecule has 0 bridgehead atoms. The molecule has 4 rings (SSSR count). The maximum atomic E-state index is 13.1. The zero-order valence-corrected chi connectivity index (χ0v) is 18.1. The van der Waals surface area contributed by atoms with E-state index in [0.717, 1.165) is 14.9 Å². The minimum atomic E-state index is -0.419. The molecule has 1 N–H and O–H groups in total. The summed E-state index contributed by atoms with van der Waals surface area (Å²) in [6.45, 7) is 0.180. The van der Waals surface area contributed by atoms with Crippen LogP contribution >= 0.6 is 27.3 Å². The molecule has 0 atom stereocenters. The lowest BCUT2D eigenvalue weighted by molar-refractivity contribution is 0.655. The summed E-state index contributed by atoms with van der Waals surface area (Å²) in [5, 5.41) is 6.13. The van der Waals surface area contributed by atoms with Crippen molar-refractivity contribution in [2.75, 3.05) is 5.43 Å². The standard InChI is InChI=1S/C19H17BrN6O2S/c1-24-15-16(22-18(24)23-21-10-14-4-3-9-29-14)25(2)19(28)26(17(15)27)11-12-5-7-13(20)8-6-12/h3-10H,11H2,1-2H3,(H,22,23)/b21-10-. The Morgan fingerprint density at radius 2 is 1.93 bits per heavy atom. The van der Waals surface area contributed by atoms with Crippen LogP contribution in [0.25, 0.3) is 11.2 Å². The topological polar surface area (TPSA) is 86.2 Å². The minimum Gasteiger partial charge on any atom is -0.306 e. The molecular weight excluding hydrogens is 456 g/mol. The molecule has 0 aliphatic heterocycles. The van der Waals surface area contributed by atoms with Gasteiger partial charge in [0.25, 0.3) is 5.56 Å². The Hall–Kier alpha value is -2.98. The normalized spacial score (nSPS) is 11.6. The predicted octanol–water partition coefficient (Wildman–Crippen LogP) is 2.75. The maximum Gasteiger partial charge on any atom is 0.332 e. The number of imidazole rings is 1. The van der Waals surface area contributed by atoms with E-state index in [-0.39, 0.29) is 6.54 Å². The van der Waals surface area contributed by atoms with Crippen molar-refractivity contribution in [2.45, 2.75) is 6.54 Å². The highest BCUT2D eigenvalue weighted by molar-refractivity contribution is 9.10. The van der Waals surface area contributed by atoms with Gasteiger partial charge in [0.15, 0.2) is 11.2 Å². The predicted molar refractivity (Wildman–Crippen MR) is 119 cm³/mol. The molecule has 0 amide bonds. The van der Waals surface area contributed by atoms with Crippen LogP contribution in [0.15, 0.2) is 60.9 Å². The number of benzene rings is 1. The van der Waals surface area contributed by atoms with Crippen LogP contribution in [0.3, 0.4) is 0 Å². The van der Waals surface area contributed by atoms with Gasteiger partial charge in [-0.15, -0.1) is 11.3 Å². The van der Waals surface area contributed by atoms with E-state index in [1.165, 1.54) is 9.13 Å². The monoisotopic (exact) mass is 472 g/mol. The van der Waals surface area contributed by atoms with Gasteiger partial charge in [-0.25, -0.2) is 10.2 Å². The minimum absolute atomic E-state index is 0.180. The summed E-state index contributed by atoms with van der Waals surface area (Å²) >= 11 is 4.95. The first-order chi connectivity index (χ1) is 14.0. The van der Waals surface area contributed by atoms with Crippen LogP contribution in [0.4, 0.5) is 5.95 Å². The Morgan fingerprint density at radius 3 is 2.62 bits per heavy atom. The summed E-state index contributed by atoms with van der Waals surface area (Å²) in [6, 6.07) is 11.4. The van der Waals surface area contributed by atoms with E-state index in [2.05, 4.69) is 31.4 Å².